The molecule has 2 aliphatic rings. The van der Waals surface area contributed by atoms with Crippen LogP contribution in [0, 0.1) is 18.3 Å². The van der Waals surface area contributed by atoms with Crippen LogP contribution in [0.4, 0.5) is 17.1 Å². The minimum atomic E-state index is -0.368. The first-order valence-corrected chi connectivity index (χ1v) is 12.4. The highest BCUT2D eigenvalue weighted by atomic mass is 16.5. The number of nitrogens with one attached hydrogen (secondary N) is 1. The Morgan fingerprint density at radius 2 is 1.83 bits per heavy atom. The Kier molecular flexibility index (Phi) is 8.36. The molecule has 0 spiro atoms. The van der Waals surface area contributed by atoms with E-state index in [1.165, 1.54) is 6.20 Å². The van der Waals surface area contributed by atoms with Crippen molar-refractivity contribution in [1.82, 2.24) is 4.90 Å². The van der Waals surface area contributed by atoms with Crippen LogP contribution in [0.25, 0.3) is 0 Å². The molecule has 8 nitrogen and oxygen atoms in total. The van der Waals surface area contributed by atoms with Crippen molar-refractivity contribution in [2.45, 2.75) is 32.7 Å². The molecule has 188 valence electrons. The first-order valence-electron chi connectivity index (χ1n) is 12.4. The minimum Gasteiger partial charge on any atom is -0.404 e. The Morgan fingerprint density at radius 1 is 1.14 bits per heavy atom. The summed E-state index contributed by atoms with van der Waals surface area (Å²) in [5.74, 6) is -0.368. The molecule has 36 heavy (non-hydrogen) atoms. The second kappa shape index (κ2) is 11.8. The van der Waals surface area contributed by atoms with Crippen LogP contribution >= 0.6 is 0 Å². The lowest BCUT2D eigenvalue weighted by atomic mass is 10.1. The molecule has 0 aromatic heterocycles. The van der Waals surface area contributed by atoms with Crippen LogP contribution in [-0.4, -0.2) is 62.0 Å². The maximum atomic E-state index is 13.0. The number of nitrogens with zero attached hydrogens (tertiary/aromatic N) is 4. The average Bonchev–Trinajstić information content (AvgIpc) is 2.91. The molecule has 4 rings (SSSR count). The summed E-state index contributed by atoms with van der Waals surface area (Å²) in [5, 5.41) is 12.7. The summed E-state index contributed by atoms with van der Waals surface area (Å²) in [4.78, 5) is 22.3. The number of nitriles is 1. The molecule has 3 N–H and O–H groups in total. The van der Waals surface area contributed by atoms with Crippen LogP contribution in [0.3, 0.4) is 0 Å². The fourth-order valence-electron chi connectivity index (χ4n) is 4.79. The Bertz CT molecular complexity index is 1170. The maximum Gasteiger partial charge on any atom is 0.258 e. The van der Waals surface area contributed by atoms with E-state index >= 15 is 0 Å². The molecule has 0 bridgehead atoms. The number of amides is 1. The van der Waals surface area contributed by atoms with Crippen LogP contribution in [0.2, 0.25) is 0 Å². The van der Waals surface area contributed by atoms with Gasteiger partial charge in [0, 0.05) is 57.3 Å². The smallest absolute Gasteiger partial charge is 0.258 e. The molecule has 0 saturated carbocycles. The largest absolute Gasteiger partial charge is 0.404 e. The van der Waals surface area contributed by atoms with Gasteiger partial charge in [0.1, 0.15) is 6.07 Å². The monoisotopic (exact) mass is 486 g/mol. The van der Waals surface area contributed by atoms with E-state index in [1.807, 2.05) is 43.3 Å². The molecule has 2 aromatic rings. The van der Waals surface area contributed by atoms with Gasteiger partial charge in [-0.1, -0.05) is 17.7 Å². The van der Waals surface area contributed by atoms with Crippen molar-refractivity contribution in [1.29, 1.82) is 5.26 Å². The third-order valence-electron chi connectivity index (χ3n) is 6.87. The van der Waals surface area contributed by atoms with Gasteiger partial charge in [0.25, 0.3) is 5.91 Å². The number of aryl methyl sites for hydroxylation is 1. The number of benzene rings is 2. The second-order valence-corrected chi connectivity index (χ2v) is 9.28. The van der Waals surface area contributed by atoms with E-state index in [0.29, 0.717) is 23.0 Å². The lowest BCUT2D eigenvalue weighted by molar-refractivity contribution is -0.112. The number of piperazine rings is 1. The summed E-state index contributed by atoms with van der Waals surface area (Å²) >= 11 is 0. The van der Waals surface area contributed by atoms with Crippen LogP contribution in [0.15, 0.2) is 59.2 Å². The van der Waals surface area contributed by atoms with Crippen molar-refractivity contribution in [3.05, 3.63) is 65.4 Å². The maximum absolute atomic E-state index is 13.0. The van der Waals surface area contributed by atoms with E-state index in [4.69, 9.17) is 10.5 Å². The third kappa shape index (κ3) is 6.11. The van der Waals surface area contributed by atoms with Crippen LogP contribution in [0.5, 0.6) is 0 Å². The van der Waals surface area contributed by atoms with Crippen LogP contribution in [-0.2, 0) is 9.53 Å². The lowest BCUT2D eigenvalue weighted by Gasteiger charge is -2.41. The molecule has 2 saturated heterocycles. The average molecular weight is 487 g/mol. The Hall–Kier alpha value is -3.67. The number of rotatable bonds is 6. The van der Waals surface area contributed by atoms with Crippen LogP contribution < -0.4 is 16.0 Å². The zero-order chi connectivity index (χ0) is 25.5. The summed E-state index contributed by atoms with van der Waals surface area (Å²) < 4.78 is 5.50. The highest BCUT2D eigenvalue weighted by Gasteiger charge is 2.26. The van der Waals surface area contributed by atoms with Gasteiger partial charge >= 0.3 is 0 Å². The van der Waals surface area contributed by atoms with Crippen molar-refractivity contribution in [2.75, 3.05) is 49.6 Å². The van der Waals surface area contributed by atoms with Gasteiger partial charge in [0.2, 0.25) is 0 Å². The number of aliphatic imine (C=N–C) groups is 1. The number of nitrogens with two attached hydrogens (primary N) is 1. The molecule has 8 heteroatoms. The summed E-state index contributed by atoms with van der Waals surface area (Å²) in [6.45, 7) is 9.12. The van der Waals surface area contributed by atoms with Crippen molar-refractivity contribution in [3.8, 4) is 6.07 Å². The summed E-state index contributed by atoms with van der Waals surface area (Å²) in [7, 11) is 0. The number of hydrogen-bond acceptors (Lipinski definition) is 7. The predicted molar refractivity (Wildman–Crippen MR) is 144 cm³/mol. The summed E-state index contributed by atoms with van der Waals surface area (Å²) in [5.41, 5.74) is 10.4. The molecule has 2 aromatic carbocycles. The van der Waals surface area contributed by atoms with Crippen molar-refractivity contribution >= 4 is 28.7 Å². The first-order chi connectivity index (χ1) is 17.5. The van der Waals surface area contributed by atoms with Gasteiger partial charge in [-0.3, -0.25) is 14.7 Å². The number of ether oxygens (including phenoxy) is 1. The molecule has 2 heterocycles. The van der Waals surface area contributed by atoms with Crippen LogP contribution in [0.1, 0.15) is 30.9 Å². The van der Waals surface area contributed by atoms with Gasteiger partial charge in [0.05, 0.1) is 28.2 Å². The number of hydrogen-bond donors (Lipinski definition) is 2. The molecule has 0 aliphatic carbocycles. The van der Waals surface area contributed by atoms with Gasteiger partial charge in [-0.25, -0.2) is 0 Å². The van der Waals surface area contributed by atoms with E-state index in [-0.39, 0.29) is 11.5 Å². The number of carbonyl (C=O) groups is 1. The topological polar surface area (TPSA) is 107 Å². The fraction of sp³-hybridized carbons (Fsp3) is 0.393. The van der Waals surface area contributed by atoms with E-state index in [0.717, 1.165) is 69.2 Å². The van der Waals surface area contributed by atoms with Crippen molar-refractivity contribution < 1.29 is 9.53 Å². The van der Waals surface area contributed by atoms with Gasteiger partial charge in [-0.15, -0.1) is 0 Å². The lowest BCUT2D eigenvalue weighted by Crippen LogP contribution is -2.51. The van der Waals surface area contributed by atoms with Gasteiger partial charge in [-0.05, 0) is 57.0 Å². The second-order valence-electron chi connectivity index (χ2n) is 9.28. The molecular formula is C28H34N6O2. The summed E-state index contributed by atoms with van der Waals surface area (Å²) in [6.07, 6.45) is 3.44. The molecule has 1 amide bonds. The van der Waals surface area contributed by atoms with E-state index in [2.05, 4.69) is 26.2 Å². The molecule has 0 atom stereocenters. The molecule has 0 radical (unpaired) electrons. The quantitative estimate of drug-likeness (QED) is 0.476. The Labute approximate surface area is 213 Å². The van der Waals surface area contributed by atoms with Crippen molar-refractivity contribution in [3.63, 3.8) is 0 Å². The highest BCUT2D eigenvalue weighted by Crippen LogP contribution is 2.27. The Morgan fingerprint density at radius 3 is 2.47 bits per heavy atom. The first kappa shape index (κ1) is 25.4. The third-order valence-corrected chi connectivity index (χ3v) is 6.87. The predicted octanol–water partition coefficient (Wildman–Crippen LogP) is 3.74. The Balaban J connectivity index is 1.41. The standard InChI is InChI=1S/C28H34N6O2/c1-20-3-5-23(6-4-20)31-21(2)26(19-30)28(35)32-24-7-8-27(22(17-24)18-29)34-13-11-33(12-14-34)25-9-15-36-16-10-25/h3-8,17,19,25H,9-16,30H2,1-2H3,(H,32,35). The van der Waals surface area contributed by atoms with E-state index in [9.17, 15) is 10.1 Å². The SMILES string of the molecule is CC(=Nc1ccc(C)cc1)C(=CN)C(=O)Nc1ccc(N2CCN(C3CCOCC3)CC2)c(C#N)c1. The molecule has 0 unspecified atom stereocenters. The van der Waals surface area contributed by atoms with E-state index in [1.54, 1.807) is 13.0 Å². The molecule has 2 fully saturated rings. The number of anilines is 2. The van der Waals surface area contributed by atoms with Gasteiger partial charge in [-0.2, -0.15) is 5.26 Å². The zero-order valence-electron chi connectivity index (χ0n) is 21.0. The van der Waals surface area contributed by atoms with Gasteiger partial charge in [0.15, 0.2) is 0 Å². The van der Waals surface area contributed by atoms with Gasteiger partial charge < -0.3 is 20.7 Å². The zero-order valence-corrected chi connectivity index (χ0v) is 21.0. The van der Waals surface area contributed by atoms with Crippen molar-refractivity contribution in [2.24, 2.45) is 10.7 Å². The number of carbonyl (C=O) groups excluding carboxylic acids is 1. The van der Waals surface area contributed by atoms with E-state index < -0.39 is 0 Å². The highest BCUT2D eigenvalue weighted by molar-refractivity contribution is 6.25. The minimum absolute atomic E-state index is 0.280. The normalized spacial score (nSPS) is 18.1. The summed E-state index contributed by atoms with van der Waals surface area (Å²) in [6, 6.07) is 16.1. The molecular weight excluding hydrogens is 452 g/mol. The fourth-order valence-corrected chi connectivity index (χ4v) is 4.79. The molecule has 2 aliphatic heterocycles.